The standard InChI is InChI=1S/C9H11ClF2N2O3/c1-5(15)14-7(9(11)12)2-8(13-14)17-4-6(16)3-10/h2,6,9,16H,3-4H2,1H3. The van der Waals surface area contributed by atoms with Gasteiger partial charge in [-0.15, -0.1) is 16.7 Å². The number of hydrogen-bond donors (Lipinski definition) is 1. The Morgan fingerprint density at radius 1 is 1.71 bits per heavy atom. The second kappa shape index (κ2) is 5.92. The molecule has 96 valence electrons. The lowest BCUT2D eigenvalue weighted by atomic mass is 10.4. The van der Waals surface area contributed by atoms with Crippen molar-refractivity contribution in [3.8, 4) is 5.88 Å². The smallest absolute Gasteiger partial charge is 0.280 e. The fraction of sp³-hybridized carbons (Fsp3) is 0.556. The molecule has 0 spiro atoms. The summed E-state index contributed by atoms with van der Waals surface area (Å²) in [4.78, 5) is 11.0. The van der Waals surface area contributed by atoms with Gasteiger partial charge in [-0.25, -0.2) is 8.78 Å². The Kier molecular flexibility index (Phi) is 4.83. The lowest BCUT2D eigenvalue weighted by Gasteiger charge is -2.06. The van der Waals surface area contributed by atoms with Crippen molar-refractivity contribution in [3.05, 3.63) is 11.8 Å². The van der Waals surface area contributed by atoms with Gasteiger partial charge in [0.25, 0.3) is 6.43 Å². The molecule has 1 N–H and O–H groups in total. The Labute approximate surface area is 101 Å². The third-order valence-electron chi connectivity index (χ3n) is 1.84. The van der Waals surface area contributed by atoms with Crippen molar-refractivity contribution >= 4 is 17.5 Å². The van der Waals surface area contributed by atoms with Gasteiger partial charge in [0.05, 0.1) is 5.88 Å². The molecule has 1 heterocycles. The van der Waals surface area contributed by atoms with Crippen LogP contribution in [0, 0.1) is 0 Å². The molecule has 5 nitrogen and oxygen atoms in total. The molecule has 0 saturated heterocycles. The summed E-state index contributed by atoms with van der Waals surface area (Å²) in [5, 5.41) is 12.7. The summed E-state index contributed by atoms with van der Waals surface area (Å²) < 4.78 is 30.5. The van der Waals surface area contributed by atoms with Crippen LogP contribution in [0.4, 0.5) is 8.78 Å². The van der Waals surface area contributed by atoms with Crippen LogP contribution in [0.25, 0.3) is 0 Å². The second-order valence-corrected chi connectivity index (χ2v) is 3.57. The molecule has 0 aliphatic carbocycles. The highest BCUT2D eigenvalue weighted by atomic mass is 35.5. The van der Waals surface area contributed by atoms with E-state index in [9.17, 15) is 13.6 Å². The minimum Gasteiger partial charge on any atom is -0.474 e. The molecule has 1 aromatic rings. The Balaban J connectivity index is 2.81. The number of carbonyl (C=O) groups excluding carboxylic acids is 1. The van der Waals surface area contributed by atoms with Crippen LogP contribution >= 0.6 is 11.6 Å². The number of hydrogen-bond acceptors (Lipinski definition) is 4. The van der Waals surface area contributed by atoms with Gasteiger partial charge in [-0.05, 0) is 0 Å². The molecule has 8 heteroatoms. The second-order valence-electron chi connectivity index (χ2n) is 3.26. The monoisotopic (exact) mass is 268 g/mol. The highest BCUT2D eigenvalue weighted by molar-refractivity contribution is 6.18. The van der Waals surface area contributed by atoms with Crippen molar-refractivity contribution in [2.45, 2.75) is 19.5 Å². The van der Waals surface area contributed by atoms with Crippen LogP contribution in [0.2, 0.25) is 0 Å². The maximum atomic E-state index is 12.5. The number of nitrogens with zero attached hydrogens (tertiary/aromatic N) is 2. The minimum absolute atomic E-state index is 0.0465. The maximum absolute atomic E-state index is 12.5. The van der Waals surface area contributed by atoms with Gasteiger partial charge in [0, 0.05) is 13.0 Å². The Morgan fingerprint density at radius 2 is 2.35 bits per heavy atom. The average Bonchev–Trinajstić information content (AvgIpc) is 2.70. The van der Waals surface area contributed by atoms with E-state index < -0.39 is 24.1 Å². The van der Waals surface area contributed by atoms with Crippen LogP contribution in [-0.4, -0.2) is 39.4 Å². The van der Waals surface area contributed by atoms with E-state index in [1.54, 1.807) is 0 Å². The first kappa shape index (κ1) is 13.9. The van der Waals surface area contributed by atoms with Gasteiger partial charge in [0.2, 0.25) is 11.8 Å². The van der Waals surface area contributed by atoms with Crippen LogP contribution < -0.4 is 4.74 Å². The van der Waals surface area contributed by atoms with E-state index in [2.05, 4.69) is 5.10 Å². The van der Waals surface area contributed by atoms with Gasteiger partial charge in [0.15, 0.2) is 0 Å². The zero-order valence-electron chi connectivity index (χ0n) is 8.94. The van der Waals surface area contributed by atoms with Crippen LogP contribution in [-0.2, 0) is 0 Å². The van der Waals surface area contributed by atoms with E-state index in [1.807, 2.05) is 0 Å². The fourth-order valence-corrected chi connectivity index (χ4v) is 1.17. The first-order chi connectivity index (χ1) is 7.95. The number of halogens is 3. The number of rotatable bonds is 5. The largest absolute Gasteiger partial charge is 0.474 e. The summed E-state index contributed by atoms with van der Waals surface area (Å²) in [5.41, 5.74) is -0.548. The lowest BCUT2D eigenvalue weighted by molar-refractivity contribution is 0.0871. The summed E-state index contributed by atoms with van der Waals surface area (Å²) >= 11 is 5.33. The molecule has 0 bridgehead atoms. The molecule has 0 aliphatic rings. The molecule has 17 heavy (non-hydrogen) atoms. The van der Waals surface area contributed by atoms with Crippen molar-refractivity contribution in [2.75, 3.05) is 12.5 Å². The van der Waals surface area contributed by atoms with Crippen molar-refractivity contribution in [1.82, 2.24) is 9.78 Å². The zero-order chi connectivity index (χ0) is 13.0. The Hall–Kier alpha value is -1.21. The molecule has 1 aromatic heterocycles. The molecule has 0 aliphatic heterocycles. The predicted octanol–water partition coefficient (Wildman–Crippen LogP) is 1.46. The normalized spacial score (nSPS) is 12.8. The maximum Gasteiger partial charge on any atom is 0.280 e. The van der Waals surface area contributed by atoms with Gasteiger partial charge in [0.1, 0.15) is 18.4 Å². The third-order valence-corrected chi connectivity index (χ3v) is 2.19. The SMILES string of the molecule is CC(=O)n1nc(OCC(O)CCl)cc1C(F)F. The van der Waals surface area contributed by atoms with Crippen molar-refractivity contribution < 1.29 is 23.4 Å². The van der Waals surface area contributed by atoms with E-state index >= 15 is 0 Å². The first-order valence-electron chi connectivity index (χ1n) is 4.71. The fourth-order valence-electron chi connectivity index (χ4n) is 1.08. The van der Waals surface area contributed by atoms with E-state index in [0.29, 0.717) is 4.68 Å². The molecule has 0 radical (unpaired) electrons. The van der Waals surface area contributed by atoms with Gasteiger partial charge in [-0.1, -0.05) is 0 Å². The number of ether oxygens (including phenoxy) is 1. The van der Waals surface area contributed by atoms with Gasteiger partial charge >= 0.3 is 0 Å². The summed E-state index contributed by atoms with van der Waals surface area (Å²) in [5.74, 6) is -0.845. The summed E-state index contributed by atoms with van der Waals surface area (Å²) in [7, 11) is 0. The Morgan fingerprint density at radius 3 is 2.76 bits per heavy atom. The average molecular weight is 269 g/mol. The molecule has 0 fully saturated rings. The van der Waals surface area contributed by atoms with E-state index in [1.165, 1.54) is 0 Å². The quantitative estimate of drug-likeness (QED) is 0.821. The molecule has 0 amide bonds. The van der Waals surface area contributed by atoms with E-state index in [-0.39, 0.29) is 18.4 Å². The van der Waals surface area contributed by atoms with Crippen LogP contribution in [0.15, 0.2) is 6.07 Å². The van der Waals surface area contributed by atoms with Crippen LogP contribution in [0.1, 0.15) is 23.8 Å². The van der Waals surface area contributed by atoms with Gasteiger partial charge in [-0.2, -0.15) is 4.68 Å². The first-order valence-corrected chi connectivity index (χ1v) is 5.25. The number of aromatic nitrogens is 2. The minimum atomic E-state index is -2.83. The highest BCUT2D eigenvalue weighted by Gasteiger charge is 2.20. The number of alkyl halides is 3. The van der Waals surface area contributed by atoms with Crippen molar-refractivity contribution in [3.63, 3.8) is 0 Å². The van der Waals surface area contributed by atoms with Crippen molar-refractivity contribution in [2.24, 2.45) is 0 Å². The van der Waals surface area contributed by atoms with E-state index in [0.717, 1.165) is 13.0 Å². The highest BCUT2D eigenvalue weighted by Crippen LogP contribution is 2.23. The van der Waals surface area contributed by atoms with Crippen molar-refractivity contribution in [1.29, 1.82) is 0 Å². The van der Waals surface area contributed by atoms with Crippen LogP contribution in [0.5, 0.6) is 5.88 Å². The van der Waals surface area contributed by atoms with Gasteiger partial charge < -0.3 is 9.84 Å². The van der Waals surface area contributed by atoms with Crippen LogP contribution in [0.3, 0.4) is 0 Å². The summed E-state index contributed by atoms with van der Waals surface area (Å²) in [6.07, 6.45) is -3.75. The molecule has 1 atom stereocenters. The molecule has 0 saturated carbocycles. The predicted molar refractivity (Wildman–Crippen MR) is 55.7 cm³/mol. The topological polar surface area (TPSA) is 64.4 Å². The molecule has 1 unspecified atom stereocenters. The number of carbonyl (C=O) groups is 1. The molecule has 1 rings (SSSR count). The van der Waals surface area contributed by atoms with Gasteiger partial charge in [-0.3, -0.25) is 4.79 Å². The number of aliphatic hydroxyl groups excluding tert-OH is 1. The summed E-state index contributed by atoms with van der Waals surface area (Å²) in [6, 6.07) is 0.951. The summed E-state index contributed by atoms with van der Waals surface area (Å²) in [6.45, 7) is 0.928. The Bertz CT molecular complexity index is 398. The molecular formula is C9H11ClF2N2O3. The molecule has 0 aromatic carbocycles. The van der Waals surface area contributed by atoms with E-state index in [4.69, 9.17) is 21.4 Å². The third kappa shape index (κ3) is 3.64. The number of aliphatic hydroxyl groups is 1. The zero-order valence-corrected chi connectivity index (χ0v) is 9.69. The molecular weight excluding hydrogens is 258 g/mol. The lowest BCUT2D eigenvalue weighted by Crippen LogP contribution is -2.19.